The van der Waals surface area contributed by atoms with Gasteiger partial charge in [-0.05, 0) is 68.3 Å². The van der Waals surface area contributed by atoms with Crippen LogP contribution in [0, 0.1) is 19.7 Å². The molecule has 2 heterocycles. The molecule has 0 spiro atoms. The van der Waals surface area contributed by atoms with Crippen molar-refractivity contribution in [1.82, 2.24) is 4.90 Å². The number of hydrogen-bond donors (Lipinski definition) is 0. The number of benzene rings is 2. The molecule has 1 fully saturated rings. The van der Waals surface area contributed by atoms with E-state index in [9.17, 15) is 14.0 Å². The Bertz CT molecular complexity index is 1160. The molecule has 162 valence electrons. The first-order valence-corrected chi connectivity index (χ1v) is 10.3. The van der Waals surface area contributed by atoms with Gasteiger partial charge in [0.15, 0.2) is 6.10 Å². The topological polar surface area (TPSA) is 63.0 Å². The van der Waals surface area contributed by atoms with Crippen LogP contribution in [0.2, 0.25) is 0 Å². The molecule has 1 saturated heterocycles. The fourth-order valence-electron chi connectivity index (χ4n) is 4.00. The highest BCUT2D eigenvalue weighted by Gasteiger charge is 2.27. The van der Waals surface area contributed by atoms with E-state index in [0.29, 0.717) is 42.9 Å². The summed E-state index contributed by atoms with van der Waals surface area (Å²) in [5.74, 6) is 0.173. The summed E-state index contributed by atoms with van der Waals surface area (Å²) >= 11 is 0. The van der Waals surface area contributed by atoms with Crippen LogP contribution in [0.25, 0.3) is 11.0 Å². The van der Waals surface area contributed by atoms with Crippen molar-refractivity contribution in [2.45, 2.75) is 26.9 Å². The van der Waals surface area contributed by atoms with Crippen molar-refractivity contribution in [2.24, 2.45) is 0 Å². The second kappa shape index (κ2) is 8.41. The Morgan fingerprint density at radius 3 is 2.42 bits per heavy atom. The summed E-state index contributed by atoms with van der Waals surface area (Å²) in [5, 5.41) is 0.700. The van der Waals surface area contributed by atoms with Crippen LogP contribution < -0.4 is 15.3 Å². The van der Waals surface area contributed by atoms with Gasteiger partial charge in [0.25, 0.3) is 5.91 Å². The van der Waals surface area contributed by atoms with E-state index in [4.69, 9.17) is 9.15 Å². The molecule has 0 radical (unpaired) electrons. The van der Waals surface area contributed by atoms with E-state index in [2.05, 4.69) is 4.90 Å². The lowest BCUT2D eigenvalue weighted by atomic mass is 10.1. The molecule has 7 heteroatoms. The maximum Gasteiger partial charge on any atom is 0.336 e. The van der Waals surface area contributed by atoms with E-state index < -0.39 is 11.7 Å². The third-order valence-corrected chi connectivity index (χ3v) is 5.58. The fraction of sp³-hybridized carbons (Fsp3) is 0.333. The first kappa shape index (κ1) is 20.9. The highest BCUT2D eigenvalue weighted by atomic mass is 19.1. The smallest absolute Gasteiger partial charge is 0.336 e. The molecular formula is C24H25FN2O4. The molecule has 1 aromatic heterocycles. The van der Waals surface area contributed by atoms with E-state index in [0.717, 1.165) is 16.8 Å². The van der Waals surface area contributed by atoms with Crippen LogP contribution in [0.3, 0.4) is 0 Å². The van der Waals surface area contributed by atoms with E-state index >= 15 is 0 Å². The number of piperazine rings is 1. The highest BCUT2D eigenvalue weighted by Crippen LogP contribution is 2.30. The van der Waals surface area contributed by atoms with Crippen molar-refractivity contribution in [2.75, 3.05) is 31.1 Å². The van der Waals surface area contributed by atoms with Gasteiger partial charge in [0.05, 0.1) is 5.39 Å². The molecule has 0 saturated carbocycles. The predicted molar refractivity (Wildman–Crippen MR) is 117 cm³/mol. The number of anilines is 1. The highest BCUT2D eigenvalue weighted by molar-refractivity contribution is 5.88. The van der Waals surface area contributed by atoms with Gasteiger partial charge in [0, 0.05) is 37.9 Å². The zero-order chi connectivity index (χ0) is 22.1. The molecule has 4 rings (SSSR count). The van der Waals surface area contributed by atoms with Crippen LogP contribution in [0.5, 0.6) is 5.75 Å². The van der Waals surface area contributed by atoms with Crippen LogP contribution >= 0.6 is 0 Å². The molecule has 1 aliphatic rings. The largest absolute Gasteiger partial charge is 0.480 e. The molecule has 1 atom stereocenters. The molecule has 0 unspecified atom stereocenters. The van der Waals surface area contributed by atoms with Gasteiger partial charge in [-0.15, -0.1) is 0 Å². The Balaban J connectivity index is 1.46. The van der Waals surface area contributed by atoms with Gasteiger partial charge in [-0.25, -0.2) is 9.18 Å². The van der Waals surface area contributed by atoms with Crippen molar-refractivity contribution in [3.63, 3.8) is 0 Å². The number of halogens is 1. The second-order valence-electron chi connectivity index (χ2n) is 7.93. The van der Waals surface area contributed by atoms with Crippen LogP contribution in [0.4, 0.5) is 10.1 Å². The normalized spacial score (nSPS) is 15.2. The summed E-state index contributed by atoms with van der Waals surface area (Å²) in [6, 6.07) is 11.5. The number of carbonyl (C=O) groups excluding carboxylic acids is 1. The molecule has 1 amide bonds. The number of carbonyl (C=O) groups is 1. The average molecular weight is 424 g/mol. The van der Waals surface area contributed by atoms with Crippen molar-refractivity contribution in [3.05, 3.63) is 69.8 Å². The fourth-order valence-corrected chi connectivity index (χ4v) is 4.00. The molecule has 2 aromatic carbocycles. The summed E-state index contributed by atoms with van der Waals surface area (Å²) in [6.45, 7) is 7.90. The molecule has 6 nitrogen and oxygen atoms in total. The number of rotatable bonds is 4. The van der Waals surface area contributed by atoms with Gasteiger partial charge in [-0.2, -0.15) is 0 Å². The first-order valence-electron chi connectivity index (χ1n) is 10.3. The molecule has 1 aliphatic heterocycles. The van der Waals surface area contributed by atoms with Crippen molar-refractivity contribution < 1.29 is 18.3 Å². The second-order valence-corrected chi connectivity index (χ2v) is 7.93. The van der Waals surface area contributed by atoms with E-state index in [1.807, 2.05) is 19.9 Å². The quantitative estimate of drug-likeness (QED) is 0.598. The average Bonchev–Trinajstić information content (AvgIpc) is 2.73. The van der Waals surface area contributed by atoms with E-state index in [-0.39, 0.29) is 11.7 Å². The number of ether oxygens (including phenoxy) is 1. The predicted octanol–water partition coefficient (Wildman–Crippen LogP) is 3.67. The van der Waals surface area contributed by atoms with Gasteiger partial charge in [0.1, 0.15) is 17.1 Å². The van der Waals surface area contributed by atoms with Crippen molar-refractivity contribution in [1.29, 1.82) is 0 Å². The molecule has 3 aromatic rings. The number of hydrogen-bond acceptors (Lipinski definition) is 5. The minimum atomic E-state index is -0.686. The molecule has 31 heavy (non-hydrogen) atoms. The molecule has 0 bridgehead atoms. The Hall–Kier alpha value is -3.35. The van der Waals surface area contributed by atoms with Gasteiger partial charge >= 0.3 is 5.63 Å². The van der Waals surface area contributed by atoms with Gasteiger partial charge < -0.3 is 19.0 Å². The minimum Gasteiger partial charge on any atom is -0.480 e. The zero-order valence-electron chi connectivity index (χ0n) is 17.9. The third-order valence-electron chi connectivity index (χ3n) is 5.58. The number of aryl methyl sites for hydroxylation is 2. The Morgan fingerprint density at radius 1 is 1.06 bits per heavy atom. The molecule has 0 N–H and O–H groups in total. The van der Waals surface area contributed by atoms with Crippen LogP contribution in [0.1, 0.15) is 18.1 Å². The maximum atomic E-state index is 13.1. The lowest BCUT2D eigenvalue weighted by Gasteiger charge is -2.37. The van der Waals surface area contributed by atoms with Crippen LogP contribution in [-0.4, -0.2) is 43.1 Å². The summed E-state index contributed by atoms with van der Waals surface area (Å²) in [6.07, 6.45) is -0.686. The van der Waals surface area contributed by atoms with Gasteiger partial charge in [-0.3, -0.25) is 4.79 Å². The number of nitrogens with zero attached hydrogens (tertiary/aromatic N) is 2. The van der Waals surface area contributed by atoms with Crippen LogP contribution in [-0.2, 0) is 4.79 Å². The Kier molecular flexibility index (Phi) is 5.67. The van der Waals surface area contributed by atoms with Crippen LogP contribution in [0.15, 0.2) is 51.7 Å². The van der Waals surface area contributed by atoms with Gasteiger partial charge in [-0.1, -0.05) is 0 Å². The van der Waals surface area contributed by atoms with Crippen molar-refractivity contribution >= 4 is 22.6 Å². The number of amides is 1. The molecule has 0 aliphatic carbocycles. The molecular weight excluding hydrogens is 399 g/mol. The van der Waals surface area contributed by atoms with E-state index in [1.54, 1.807) is 30.0 Å². The summed E-state index contributed by atoms with van der Waals surface area (Å²) in [7, 11) is 0. The lowest BCUT2D eigenvalue weighted by molar-refractivity contribution is -0.138. The monoisotopic (exact) mass is 424 g/mol. The maximum absolute atomic E-state index is 13.1. The number of fused-ring (bicyclic) bond motifs is 1. The standard InChI is InChI=1S/C24H25FN2O4/c1-15-12-20(23-16(2)14-22(28)31-21(23)13-15)30-17(3)24(29)27-10-8-26(9-11-27)19-6-4-18(25)5-7-19/h4-7,12-14,17H,8-11H2,1-3H3/t17-/m1/s1. The SMILES string of the molecule is Cc1cc(O[C@H](C)C(=O)N2CCN(c3ccc(F)cc3)CC2)c2c(C)cc(=O)oc2c1. The van der Waals surface area contributed by atoms with Gasteiger partial charge in [0.2, 0.25) is 0 Å². The Labute approximate surface area is 179 Å². The Morgan fingerprint density at radius 2 is 1.74 bits per heavy atom. The van der Waals surface area contributed by atoms with E-state index in [1.165, 1.54) is 18.2 Å². The van der Waals surface area contributed by atoms with Crippen molar-refractivity contribution in [3.8, 4) is 5.75 Å². The lowest BCUT2D eigenvalue weighted by Crippen LogP contribution is -2.52. The zero-order valence-corrected chi connectivity index (χ0v) is 17.9. The summed E-state index contributed by atoms with van der Waals surface area (Å²) in [4.78, 5) is 28.6. The third kappa shape index (κ3) is 4.40. The first-order chi connectivity index (χ1) is 14.8. The minimum absolute atomic E-state index is 0.0940. The summed E-state index contributed by atoms with van der Waals surface area (Å²) < 4.78 is 24.5. The summed E-state index contributed by atoms with van der Waals surface area (Å²) in [5.41, 5.74) is 2.61.